The Morgan fingerprint density at radius 3 is 2.12 bits per heavy atom. The van der Waals surface area contributed by atoms with Crippen LogP contribution in [-0.4, -0.2) is 27.2 Å². The fourth-order valence-electron chi connectivity index (χ4n) is 2.47. The van der Waals surface area contributed by atoms with Crippen LogP contribution in [0.3, 0.4) is 0 Å². The topological polar surface area (TPSA) is 56.8 Å². The van der Waals surface area contributed by atoms with Gasteiger partial charge < -0.3 is 19.5 Å². The quantitative estimate of drug-likeness (QED) is 0.803. The first kappa shape index (κ1) is 17.7. The highest BCUT2D eigenvalue weighted by Crippen LogP contribution is 2.39. The maximum Gasteiger partial charge on any atom is 0.224 e. The Bertz CT molecular complexity index is 645. The van der Waals surface area contributed by atoms with Crippen molar-refractivity contribution < 1.29 is 19.0 Å². The molecule has 1 N–H and O–H groups in total. The fraction of sp³-hybridized carbons (Fsp3) is 0.316. The number of hydrogen-bond acceptors (Lipinski definition) is 4. The van der Waals surface area contributed by atoms with E-state index in [-0.39, 0.29) is 5.91 Å². The standard InChI is InChI=1S/C19H23NO4/c1-22-16-12-15(13-17(23-2)19(16)24-3)20-18(21)11-7-10-14-8-5-4-6-9-14/h4-6,8-9,12-13H,7,10-11H2,1-3H3,(H,20,21). The van der Waals surface area contributed by atoms with E-state index in [9.17, 15) is 4.79 Å². The van der Waals surface area contributed by atoms with Gasteiger partial charge in [-0.25, -0.2) is 0 Å². The number of aryl methyl sites for hydroxylation is 1. The molecule has 0 spiro atoms. The Morgan fingerprint density at radius 2 is 1.58 bits per heavy atom. The van der Waals surface area contributed by atoms with Crippen LogP contribution in [0.1, 0.15) is 18.4 Å². The van der Waals surface area contributed by atoms with Gasteiger partial charge in [-0.2, -0.15) is 0 Å². The summed E-state index contributed by atoms with van der Waals surface area (Å²) in [6, 6.07) is 13.6. The third kappa shape index (κ3) is 4.65. The molecule has 0 aromatic heterocycles. The molecule has 0 atom stereocenters. The first-order valence-corrected chi connectivity index (χ1v) is 7.81. The van der Waals surface area contributed by atoms with Gasteiger partial charge in [0.05, 0.1) is 21.3 Å². The van der Waals surface area contributed by atoms with Crippen LogP contribution in [0, 0.1) is 0 Å². The second-order valence-corrected chi connectivity index (χ2v) is 5.30. The molecule has 0 unspecified atom stereocenters. The zero-order chi connectivity index (χ0) is 17.4. The van der Waals surface area contributed by atoms with Gasteiger partial charge in [0.25, 0.3) is 0 Å². The first-order chi connectivity index (χ1) is 11.7. The Balaban J connectivity index is 1.96. The summed E-state index contributed by atoms with van der Waals surface area (Å²) in [5.41, 5.74) is 1.85. The van der Waals surface area contributed by atoms with Crippen LogP contribution >= 0.6 is 0 Å². The van der Waals surface area contributed by atoms with Gasteiger partial charge in [-0.05, 0) is 18.4 Å². The van der Waals surface area contributed by atoms with Crippen LogP contribution in [0.25, 0.3) is 0 Å². The molecule has 0 heterocycles. The minimum absolute atomic E-state index is 0.0415. The highest BCUT2D eigenvalue weighted by Gasteiger charge is 2.14. The van der Waals surface area contributed by atoms with E-state index in [0.29, 0.717) is 29.4 Å². The molecule has 1 amide bonds. The maximum absolute atomic E-state index is 12.1. The number of hydrogen-bond donors (Lipinski definition) is 1. The predicted octanol–water partition coefficient (Wildman–Crippen LogP) is 3.67. The van der Waals surface area contributed by atoms with Crippen molar-refractivity contribution in [2.45, 2.75) is 19.3 Å². The normalized spacial score (nSPS) is 10.1. The van der Waals surface area contributed by atoms with Crippen molar-refractivity contribution in [2.75, 3.05) is 26.6 Å². The monoisotopic (exact) mass is 329 g/mol. The summed E-state index contributed by atoms with van der Waals surface area (Å²) in [5.74, 6) is 1.48. The van der Waals surface area contributed by atoms with Crippen molar-refractivity contribution in [2.24, 2.45) is 0 Å². The van der Waals surface area contributed by atoms with Crippen molar-refractivity contribution in [3.8, 4) is 17.2 Å². The summed E-state index contributed by atoms with van der Waals surface area (Å²) in [5, 5.41) is 2.87. The van der Waals surface area contributed by atoms with Crippen molar-refractivity contribution in [1.82, 2.24) is 0 Å². The van der Waals surface area contributed by atoms with Crippen LogP contribution in [0.4, 0.5) is 5.69 Å². The van der Waals surface area contributed by atoms with E-state index in [0.717, 1.165) is 12.8 Å². The molecule has 128 valence electrons. The summed E-state index contributed by atoms with van der Waals surface area (Å²) >= 11 is 0. The van der Waals surface area contributed by atoms with Gasteiger partial charge in [-0.15, -0.1) is 0 Å². The second-order valence-electron chi connectivity index (χ2n) is 5.30. The minimum atomic E-state index is -0.0415. The fourth-order valence-corrected chi connectivity index (χ4v) is 2.47. The number of benzene rings is 2. The van der Waals surface area contributed by atoms with Crippen molar-refractivity contribution in [1.29, 1.82) is 0 Å². The second kappa shape index (κ2) is 8.82. The van der Waals surface area contributed by atoms with Crippen LogP contribution in [0.2, 0.25) is 0 Å². The van der Waals surface area contributed by atoms with Gasteiger partial charge in [0.15, 0.2) is 11.5 Å². The summed E-state index contributed by atoms with van der Waals surface area (Å²) in [4.78, 5) is 12.1. The highest BCUT2D eigenvalue weighted by atomic mass is 16.5. The van der Waals surface area contributed by atoms with E-state index in [1.54, 1.807) is 33.5 Å². The number of carbonyl (C=O) groups excluding carboxylic acids is 1. The summed E-state index contributed by atoms with van der Waals surface area (Å²) < 4.78 is 15.8. The predicted molar refractivity (Wildman–Crippen MR) is 94.1 cm³/mol. The highest BCUT2D eigenvalue weighted by molar-refractivity contribution is 5.91. The Hall–Kier alpha value is -2.69. The smallest absolute Gasteiger partial charge is 0.224 e. The van der Waals surface area contributed by atoms with Crippen LogP contribution < -0.4 is 19.5 Å². The van der Waals surface area contributed by atoms with E-state index in [2.05, 4.69) is 17.4 Å². The first-order valence-electron chi connectivity index (χ1n) is 7.81. The van der Waals surface area contributed by atoms with Gasteiger partial charge in [-0.3, -0.25) is 4.79 Å². The van der Waals surface area contributed by atoms with Gasteiger partial charge in [-0.1, -0.05) is 30.3 Å². The van der Waals surface area contributed by atoms with E-state index < -0.39 is 0 Å². The molecule has 24 heavy (non-hydrogen) atoms. The average Bonchev–Trinajstić information content (AvgIpc) is 2.61. The van der Waals surface area contributed by atoms with Gasteiger partial charge >= 0.3 is 0 Å². The van der Waals surface area contributed by atoms with Crippen molar-refractivity contribution in [3.05, 3.63) is 48.0 Å². The average molecular weight is 329 g/mol. The number of anilines is 1. The number of amides is 1. The lowest BCUT2D eigenvalue weighted by molar-refractivity contribution is -0.116. The SMILES string of the molecule is COc1cc(NC(=O)CCCc2ccccc2)cc(OC)c1OC. The van der Waals surface area contributed by atoms with Gasteiger partial charge in [0.2, 0.25) is 11.7 Å². The molecule has 0 fully saturated rings. The lowest BCUT2D eigenvalue weighted by Crippen LogP contribution is -2.12. The van der Waals surface area contributed by atoms with E-state index >= 15 is 0 Å². The number of rotatable bonds is 8. The number of carbonyl (C=O) groups is 1. The Morgan fingerprint density at radius 1 is 0.958 bits per heavy atom. The Labute approximate surface area is 142 Å². The molecule has 0 bridgehead atoms. The molecule has 5 nitrogen and oxygen atoms in total. The number of ether oxygens (including phenoxy) is 3. The lowest BCUT2D eigenvalue weighted by atomic mass is 10.1. The number of nitrogens with one attached hydrogen (secondary N) is 1. The molecular formula is C19H23NO4. The molecule has 0 saturated heterocycles. The van der Waals surface area contributed by atoms with Crippen LogP contribution in [0.15, 0.2) is 42.5 Å². The van der Waals surface area contributed by atoms with Crippen molar-refractivity contribution >= 4 is 11.6 Å². The minimum Gasteiger partial charge on any atom is -0.493 e. The molecule has 0 aliphatic rings. The molecule has 0 aliphatic carbocycles. The van der Waals surface area contributed by atoms with Gasteiger partial charge in [0, 0.05) is 24.2 Å². The molecule has 5 heteroatoms. The zero-order valence-corrected chi connectivity index (χ0v) is 14.3. The maximum atomic E-state index is 12.1. The van der Waals surface area contributed by atoms with Crippen molar-refractivity contribution in [3.63, 3.8) is 0 Å². The molecule has 0 radical (unpaired) electrons. The molecule has 0 saturated carbocycles. The van der Waals surface area contributed by atoms with E-state index in [4.69, 9.17) is 14.2 Å². The molecular weight excluding hydrogens is 306 g/mol. The molecule has 0 aliphatic heterocycles. The summed E-state index contributed by atoms with van der Waals surface area (Å²) in [6.45, 7) is 0. The lowest BCUT2D eigenvalue weighted by Gasteiger charge is -2.14. The summed E-state index contributed by atoms with van der Waals surface area (Å²) in [6.07, 6.45) is 2.12. The third-order valence-electron chi connectivity index (χ3n) is 3.66. The Kier molecular flexibility index (Phi) is 6.49. The molecule has 2 aromatic carbocycles. The van der Waals surface area contributed by atoms with Gasteiger partial charge in [0.1, 0.15) is 0 Å². The summed E-state index contributed by atoms with van der Waals surface area (Å²) in [7, 11) is 4.63. The largest absolute Gasteiger partial charge is 0.493 e. The molecule has 2 rings (SSSR count). The van der Waals surface area contributed by atoms with Crippen LogP contribution in [-0.2, 0) is 11.2 Å². The van der Waals surface area contributed by atoms with E-state index in [1.807, 2.05) is 18.2 Å². The number of methoxy groups -OCH3 is 3. The van der Waals surface area contributed by atoms with Crippen LogP contribution in [0.5, 0.6) is 17.2 Å². The molecule has 2 aromatic rings. The zero-order valence-electron chi connectivity index (χ0n) is 14.3. The van der Waals surface area contributed by atoms with E-state index in [1.165, 1.54) is 5.56 Å². The third-order valence-corrected chi connectivity index (χ3v) is 3.66.